The number of nitrogens with zero attached hydrogens (tertiary/aromatic N) is 1. The summed E-state index contributed by atoms with van der Waals surface area (Å²) in [5, 5.41) is 83.4. The summed E-state index contributed by atoms with van der Waals surface area (Å²) in [6.07, 6.45) is -17.0. The van der Waals surface area contributed by atoms with Crippen LogP contribution in [0.25, 0.3) is 11.1 Å². The van der Waals surface area contributed by atoms with Crippen LogP contribution in [0.5, 0.6) is 11.5 Å². The van der Waals surface area contributed by atoms with Gasteiger partial charge in [0.05, 0.1) is 25.4 Å². The van der Waals surface area contributed by atoms with Crippen LogP contribution in [0.15, 0.2) is 127 Å². The van der Waals surface area contributed by atoms with E-state index >= 15 is 0 Å². The zero-order valence-corrected chi connectivity index (χ0v) is 35.5. The van der Waals surface area contributed by atoms with Crippen LogP contribution in [0.4, 0.5) is 10.1 Å². The van der Waals surface area contributed by atoms with E-state index in [1.54, 1.807) is 23.1 Å². The second-order valence-corrected chi connectivity index (χ2v) is 17.2. The van der Waals surface area contributed by atoms with E-state index in [0.29, 0.717) is 28.1 Å². The Morgan fingerprint density at radius 3 is 2.06 bits per heavy atom. The largest absolute Gasteiger partial charge is 0.489 e. The number of aliphatic hydroxyl groups is 8. The summed E-state index contributed by atoms with van der Waals surface area (Å²) in [5.74, 6) is 0.321. The topological polar surface area (TPSA) is 228 Å². The summed E-state index contributed by atoms with van der Waals surface area (Å²) >= 11 is 1.31. The van der Waals surface area contributed by atoms with E-state index in [-0.39, 0.29) is 24.0 Å². The van der Waals surface area contributed by atoms with Crippen LogP contribution >= 0.6 is 11.8 Å². The van der Waals surface area contributed by atoms with Crippen LogP contribution < -0.4 is 14.4 Å². The van der Waals surface area contributed by atoms with Crippen molar-refractivity contribution in [3.8, 4) is 22.6 Å². The van der Waals surface area contributed by atoms with E-state index in [2.05, 4.69) is 0 Å². The van der Waals surface area contributed by atoms with Gasteiger partial charge in [-0.2, -0.15) is 0 Å². The molecule has 8 N–H and O–H groups in total. The summed E-state index contributed by atoms with van der Waals surface area (Å²) in [6, 6.07) is 36.4. The Hall–Kier alpha value is -4.99. The molecule has 3 heterocycles. The second-order valence-electron chi connectivity index (χ2n) is 16.0. The predicted octanol–water partition coefficient (Wildman–Crippen LogP) is 3.00. The molecule has 8 rings (SSSR count). The summed E-state index contributed by atoms with van der Waals surface area (Å²) < 4.78 is 43.2. The first-order valence-corrected chi connectivity index (χ1v) is 22.1. The summed E-state index contributed by atoms with van der Waals surface area (Å²) in [6.45, 7) is -1.24. The van der Waals surface area contributed by atoms with Gasteiger partial charge in [0.15, 0.2) is 6.29 Å². The number of aliphatic hydroxyl groups excluding tert-OH is 8. The molecule has 344 valence electrons. The van der Waals surface area contributed by atoms with Gasteiger partial charge in [-0.25, -0.2) is 4.39 Å². The smallest absolute Gasteiger partial charge is 0.243 e. The molecule has 0 aromatic heterocycles. The Labute approximate surface area is 377 Å². The number of hydrogen-bond acceptors (Lipinski definition) is 15. The average molecular weight is 916 g/mol. The second kappa shape index (κ2) is 20.7. The number of halogens is 1. The van der Waals surface area contributed by atoms with Gasteiger partial charge in [-0.05, 0) is 64.7 Å². The SMILES string of the molecule is O=C1[C@H](SC[C@H](O)c2ccc(F)cc2)[C@@H](c2ccc(-c3cccc(O[C@@H]4O[C@H](CO)C(O[C@@H]5O[C@H](CO)[C@@H](O)[C@H](O)[C@H]5O)[C@H](O)[C@H]4O)c3)cc2OCc2ccccc2)N1c1ccccc1. The number of β-lactam (4-membered cyclic amide) rings is 1. The fourth-order valence-corrected chi connectivity index (χ4v) is 9.42. The number of rotatable bonds is 16. The molecule has 5 aromatic carbocycles. The fraction of sp³-hybridized carbons (Fsp3) is 0.354. The zero-order chi connectivity index (χ0) is 45.8. The third kappa shape index (κ3) is 10.1. The molecule has 15 nitrogen and oxygen atoms in total. The number of amides is 1. The Bertz CT molecular complexity index is 2350. The molecule has 17 heteroatoms. The van der Waals surface area contributed by atoms with E-state index in [9.17, 15) is 50.0 Å². The summed E-state index contributed by atoms with van der Waals surface area (Å²) in [5.41, 5.74) is 4.20. The third-order valence-corrected chi connectivity index (χ3v) is 13.0. The molecular weight excluding hydrogens is 866 g/mol. The maximum absolute atomic E-state index is 14.0. The molecule has 0 radical (unpaired) electrons. The molecule has 3 aliphatic heterocycles. The highest BCUT2D eigenvalue weighted by molar-refractivity contribution is 8.00. The van der Waals surface area contributed by atoms with Gasteiger partial charge in [0.25, 0.3) is 0 Å². The minimum Gasteiger partial charge on any atom is -0.489 e. The molecule has 0 saturated carbocycles. The van der Waals surface area contributed by atoms with Crippen molar-refractivity contribution in [1.29, 1.82) is 0 Å². The molecule has 3 fully saturated rings. The molecule has 0 bridgehead atoms. The molecule has 0 spiro atoms. The van der Waals surface area contributed by atoms with E-state index in [1.165, 1.54) is 36.0 Å². The first-order chi connectivity index (χ1) is 31.4. The predicted molar refractivity (Wildman–Crippen MR) is 234 cm³/mol. The monoisotopic (exact) mass is 915 g/mol. The van der Waals surface area contributed by atoms with Gasteiger partial charge in [-0.15, -0.1) is 11.8 Å². The van der Waals surface area contributed by atoms with Gasteiger partial charge < -0.3 is 69.4 Å². The van der Waals surface area contributed by atoms with Gasteiger partial charge >= 0.3 is 0 Å². The average Bonchev–Trinajstić information content (AvgIpc) is 3.33. The van der Waals surface area contributed by atoms with Crippen LogP contribution in [0.2, 0.25) is 0 Å². The lowest BCUT2D eigenvalue weighted by molar-refractivity contribution is -0.352. The highest BCUT2D eigenvalue weighted by atomic mass is 32.2. The van der Waals surface area contributed by atoms with Gasteiger partial charge in [-0.3, -0.25) is 4.79 Å². The van der Waals surface area contributed by atoms with Crippen molar-refractivity contribution < 1.29 is 73.7 Å². The Balaban J connectivity index is 1.04. The van der Waals surface area contributed by atoms with Crippen molar-refractivity contribution in [1.82, 2.24) is 0 Å². The van der Waals surface area contributed by atoms with Crippen molar-refractivity contribution in [2.75, 3.05) is 23.9 Å². The Kier molecular flexibility index (Phi) is 14.8. The molecule has 1 amide bonds. The van der Waals surface area contributed by atoms with Gasteiger partial charge in [-0.1, -0.05) is 84.9 Å². The number of benzene rings is 5. The fourth-order valence-electron chi connectivity index (χ4n) is 8.13. The van der Waals surface area contributed by atoms with Crippen LogP contribution in [-0.2, 0) is 25.6 Å². The maximum Gasteiger partial charge on any atom is 0.243 e. The first kappa shape index (κ1) is 46.5. The number of thioether (sulfide) groups is 1. The lowest BCUT2D eigenvalue weighted by Crippen LogP contribution is -2.65. The molecule has 0 aliphatic carbocycles. The lowest BCUT2D eigenvalue weighted by Gasteiger charge is -2.47. The quantitative estimate of drug-likeness (QED) is 0.0666. The molecule has 13 atom stereocenters. The Morgan fingerprint density at radius 2 is 1.35 bits per heavy atom. The molecule has 3 saturated heterocycles. The molecule has 1 unspecified atom stereocenters. The minimum atomic E-state index is -1.81. The van der Waals surface area contributed by atoms with Crippen LogP contribution in [-0.4, -0.2) is 132 Å². The molecule has 3 aliphatic rings. The number of para-hydroxylation sites is 1. The number of carbonyl (C=O) groups is 1. The standard InChI is InChI=1S/C48H50FNO14S/c49-30-17-14-27(15-18-30)34(53)25-65-45-38(50(46(45)59)31-11-5-2-6-12-31)33-19-16-29(21-35(33)60-24-26-8-3-1-4-9-26)28-10-7-13-32(20-28)61-47-43(58)41(56)44(37(23-52)63-47)64-48-42(57)40(55)39(54)36(22-51)62-48/h1-21,34,36-45,47-48,51-58H,22-25H2/t34-,36+,37+,38+,39+,40-,41+,42+,43+,44?,45+,47+,48-/m0/s1. The van der Waals surface area contributed by atoms with Crippen molar-refractivity contribution in [3.63, 3.8) is 0 Å². The third-order valence-electron chi connectivity index (χ3n) is 11.7. The van der Waals surface area contributed by atoms with Crippen molar-refractivity contribution in [2.24, 2.45) is 0 Å². The summed E-state index contributed by atoms with van der Waals surface area (Å²) in [4.78, 5) is 15.7. The van der Waals surface area contributed by atoms with Crippen molar-refractivity contribution in [2.45, 2.75) is 85.4 Å². The normalized spacial score (nSPS) is 29.5. The number of hydrogen-bond donors (Lipinski definition) is 8. The van der Waals surface area contributed by atoms with Gasteiger partial charge in [0, 0.05) is 17.0 Å². The highest BCUT2D eigenvalue weighted by Gasteiger charge is 2.52. The van der Waals surface area contributed by atoms with E-state index in [1.807, 2.05) is 84.9 Å². The first-order valence-electron chi connectivity index (χ1n) is 21.0. The van der Waals surface area contributed by atoms with E-state index in [0.717, 1.165) is 11.1 Å². The molecule has 65 heavy (non-hydrogen) atoms. The van der Waals surface area contributed by atoms with Crippen LogP contribution in [0.3, 0.4) is 0 Å². The van der Waals surface area contributed by atoms with Gasteiger partial charge in [0.1, 0.15) is 78.0 Å². The van der Waals surface area contributed by atoms with Crippen molar-refractivity contribution >= 4 is 23.4 Å². The lowest BCUT2D eigenvalue weighted by atomic mass is 9.90. The molecular formula is C48H50FNO14S. The highest BCUT2D eigenvalue weighted by Crippen LogP contribution is 2.49. The molecule has 5 aromatic rings. The number of carbonyl (C=O) groups excluding carboxylic acids is 1. The number of ether oxygens (including phenoxy) is 5. The van der Waals surface area contributed by atoms with E-state index < -0.39 is 97.8 Å². The van der Waals surface area contributed by atoms with Crippen molar-refractivity contribution in [3.05, 3.63) is 150 Å². The number of anilines is 1. The van der Waals surface area contributed by atoms with E-state index in [4.69, 9.17) is 23.7 Å². The Morgan fingerprint density at radius 1 is 0.692 bits per heavy atom. The summed E-state index contributed by atoms with van der Waals surface area (Å²) in [7, 11) is 0. The maximum atomic E-state index is 14.0. The zero-order valence-electron chi connectivity index (χ0n) is 34.7. The van der Waals surface area contributed by atoms with Crippen LogP contribution in [0, 0.1) is 5.82 Å². The van der Waals surface area contributed by atoms with Crippen LogP contribution in [0.1, 0.15) is 28.8 Å². The minimum absolute atomic E-state index is 0.145. The van der Waals surface area contributed by atoms with Gasteiger partial charge in [0.2, 0.25) is 12.2 Å².